The van der Waals surface area contributed by atoms with E-state index >= 15 is 0 Å². The summed E-state index contributed by atoms with van der Waals surface area (Å²) in [5, 5.41) is 0. The van der Waals surface area contributed by atoms with Gasteiger partial charge in [-0.1, -0.05) is 19.3 Å². The first-order valence-corrected chi connectivity index (χ1v) is 6.58. The van der Waals surface area contributed by atoms with Crippen molar-refractivity contribution in [3.8, 4) is 0 Å². The van der Waals surface area contributed by atoms with Crippen LogP contribution in [-0.2, 0) is 4.79 Å². The fraction of sp³-hybridized carbons (Fsp3) is 0.917. The third-order valence-corrected chi connectivity index (χ3v) is 3.94. The molecule has 0 radical (unpaired) electrons. The van der Waals surface area contributed by atoms with Crippen LogP contribution in [0.15, 0.2) is 0 Å². The van der Waals surface area contributed by atoms with Gasteiger partial charge in [-0.05, 0) is 12.8 Å². The zero-order chi connectivity index (χ0) is 13.2. The Morgan fingerprint density at radius 2 is 1.47 bits per heavy atom. The average Bonchev–Trinajstić information content (AvgIpc) is 2.38. The number of rotatable bonds is 1. The SMILES string of the molecule is Cl.O=C(N1CCN(C2CCCCC2)CC1)C(F)(F)F. The molecule has 1 saturated carbocycles. The summed E-state index contributed by atoms with van der Waals surface area (Å²) in [5.74, 6) is -1.69. The van der Waals surface area contributed by atoms with E-state index in [1.165, 1.54) is 19.3 Å². The van der Waals surface area contributed by atoms with Crippen LogP contribution >= 0.6 is 12.4 Å². The summed E-state index contributed by atoms with van der Waals surface area (Å²) in [6.07, 6.45) is 1.26. The van der Waals surface area contributed by atoms with Gasteiger partial charge in [0.05, 0.1) is 0 Å². The molecule has 2 fully saturated rings. The number of alkyl halides is 3. The van der Waals surface area contributed by atoms with Crippen molar-refractivity contribution in [3.63, 3.8) is 0 Å². The quantitative estimate of drug-likeness (QED) is 0.743. The van der Waals surface area contributed by atoms with Gasteiger partial charge in [-0.2, -0.15) is 13.2 Å². The Bertz CT molecular complexity index is 298. The van der Waals surface area contributed by atoms with Crippen molar-refractivity contribution in [2.24, 2.45) is 0 Å². The number of carbonyl (C=O) groups is 1. The molecule has 7 heteroatoms. The maximum Gasteiger partial charge on any atom is 0.471 e. The van der Waals surface area contributed by atoms with Crippen molar-refractivity contribution in [1.82, 2.24) is 9.80 Å². The second-order valence-electron chi connectivity index (χ2n) is 5.12. The van der Waals surface area contributed by atoms with E-state index in [4.69, 9.17) is 0 Å². The molecule has 1 amide bonds. The Hall–Kier alpha value is -0.490. The summed E-state index contributed by atoms with van der Waals surface area (Å²) in [4.78, 5) is 14.3. The highest BCUT2D eigenvalue weighted by Gasteiger charge is 2.43. The summed E-state index contributed by atoms with van der Waals surface area (Å²) in [5.41, 5.74) is 0. The molecule has 0 aromatic heterocycles. The summed E-state index contributed by atoms with van der Waals surface area (Å²) >= 11 is 0. The molecule has 1 heterocycles. The van der Waals surface area contributed by atoms with E-state index < -0.39 is 12.1 Å². The third-order valence-electron chi connectivity index (χ3n) is 3.94. The number of nitrogens with zero attached hydrogens (tertiary/aromatic N) is 2. The summed E-state index contributed by atoms with van der Waals surface area (Å²) < 4.78 is 36.8. The van der Waals surface area contributed by atoms with Crippen LogP contribution in [0, 0.1) is 0 Å². The standard InChI is InChI=1S/C12H19F3N2O.ClH/c13-12(14,15)11(18)17-8-6-16(7-9-17)10-4-2-1-3-5-10;/h10H,1-9H2;1H. The highest BCUT2D eigenvalue weighted by molar-refractivity contribution is 5.85. The van der Waals surface area contributed by atoms with Crippen LogP contribution in [0.5, 0.6) is 0 Å². The minimum Gasteiger partial charge on any atom is -0.332 e. The lowest BCUT2D eigenvalue weighted by Crippen LogP contribution is -2.54. The molecule has 1 aliphatic heterocycles. The molecule has 0 N–H and O–H groups in total. The van der Waals surface area contributed by atoms with Gasteiger partial charge in [0.25, 0.3) is 0 Å². The van der Waals surface area contributed by atoms with Gasteiger partial charge in [0, 0.05) is 32.2 Å². The van der Waals surface area contributed by atoms with Gasteiger partial charge in [0.15, 0.2) is 0 Å². The zero-order valence-corrected chi connectivity index (χ0v) is 11.6. The molecule has 3 nitrogen and oxygen atoms in total. The number of piperazine rings is 1. The summed E-state index contributed by atoms with van der Waals surface area (Å²) in [6.45, 7) is 1.56. The molecule has 0 aromatic rings. The van der Waals surface area contributed by atoms with Crippen LogP contribution < -0.4 is 0 Å². The lowest BCUT2D eigenvalue weighted by Gasteiger charge is -2.40. The van der Waals surface area contributed by atoms with E-state index in [2.05, 4.69) is 4.90 Å². The fourth-order valence-corrected chi connectivity index (χ4v) is 2.92. The van der Waals surface area contributed by atoms with Crippen molar-refractivity contribution in [2.75, 3.05) is 26.2 Å². The molecule has 19 heavy (non-hydrogen) atoms. The normalized spacial score (nSPS) is 23.0. The van der Waals surface area contributed by atoms with Crippen molar-refractivity contribution >= 4 is 18.3 Å². The van der Waals surface area contributed by atoms with Gasteiger partial charge in [0.2, 0.25) is 0 Å². The summed E-state index contributed by atoms with van der Waals surface area (Å²) in [6, 6.07) is 0.516. The average molecular weight is 301 g/mol. The largest absolute Gasteiger partial charge is 0.471 e. The Labute approximate surface area is 117 Å². The van der Waals surface area contributed by atoms with Crippen LogP contribution in [0.1, 0.15) is 32.1 Å². The zero-order valence-electron chi connectivity index (χ0n) is 10.8. The predicted molar refractivity (Wildman–Crippen MR) is 68.3 cm³/mol. The van der Waals surface area contributed by atoms with Gasteiger partial charge in [-0.15, -0.1) is 12.4 Å². The number of hydrogen-bond donors (Lipinski definition) is 0. The Morgan fingerprint density at radius 1 is 0.947 bits per heavy atom. The lowest BCUT2D eigenvalue weighted by molar-refractivity contribution is -0.187. The third kappa shape index (κ3) is 4.24. The van der Waals surface area contributed by atoms with E-state index in [0.717, 1.165) is 17.7 Å². The van der Waals surface area contributed by atoms with Crippen molar-refractivity contribution in [3.05, 3.63) is 0 Å². The molecule has 1 aliphatic carbocycles. The van der Waals surface area contributed by atoms with Crippen LogP contribution in [0.3, 0.4) is 0 Å². The molecule has 0 atom stereocenters. The highest BCUT2D eigenvalue weighted by Crippen LogP contribution is 2.25. The molecule has 0 bridgehead atoms. The van der Waals surface area contributed by atoms with Crippen LogP contribution in [-0.4, -0.2) is 54.1 Å². The van der Waals surface area contributed by atoms with Crippen LogP contribution in [0.25, 0.3) is 0 Å². The van der Waals surface area contributed by atoms with Crippen molar-refractivity contribution in [2.45, 2.75) is 44.3 Å². The fourth-order valence-electron chi connectivity index (χ4n) is 2.92. The van der Waals surface area contributed by atoms with E-state index in [1.54, 1.807) is 0 Å². The molecular formula is C12H20ClF3N2O. The molecule has 2 aliphatic rings. The molecule has 112 valence electrons. The molecule has 0 spiro atoms. The van der Waals surface area contributed by atoms with Crippen LogP contribution in [0.2, 0.25) is 0 Å². The first-order chi connectivity index (χ1) is 8.48. The monoisotopic (exact) mass is 300 g/mol. The second-order valence-corrected chi connectivity index (χ2v) is 5.12. The van der Waals surface area contributed by atoms with E-state index in [1.807, 2.05) is 0 Å². The minimum absolute atomic E-state index is 0. The first-order valence-electron chi connectivity index (χ1n) is 6.58. The minimum atomic E-state index is -4.73. The number of amides is 1. The topological polar surface area (TPSA) is 23.6 Å². The van der Waals surface area contributed by atoms with Gasteiger partial charge in [-0.3, -0.25) is 9.69 Å². The van der Waals surface area contributed by atoms with Crippen molar-refractivity contribution in [1.29, 1.82) is 0 Å². The lowest BCUT2D eigenvalue weighted by atomic mass is 9.94. The first kappa shape index (κ1) is 16.6. The highest BCUT2D eigenvalue weighted by atomic mass is 35.5. The van der Waals surface area contributed by atoms with E-state index in [-0.39, 0.29) is 25.5 Å². The Kier molecular flexibility index (Phi) is 5.92. The molecular weight excluding hydrogens is 281 g/mol. The number of hydrogen-bond acceptors (Lipinski definition) is 2. The molecule has 0 aromatic carbocycles. The van der Waals surface area contributed by atoms with Crippen LogP contribution in [0.4, 0.5) is 13.2 Å². The van der Waals surface area contributed by atoms with E-state index in [0.29, 0.717) is 19.1 Å². The second kappa shape index (κ2) is 6.79. The van der Waals surface area contributed by atoms with Gasteiger partial charge in [0.1, 0.15) is 0 Å². The number of halogens is 4. The molecule has 1 saturated heterocycles. The molecule has 2 rings (SSSR count). The Balaban J connectivity index is 0.00000180. The predicted octanol–water partition coefficient (Wildman–Crippen LogP) is 2.45. The van der Waals surface area contributed by atoms with Crippen molar-refractivity contribution < 1.29 is 18.0 Å². The van der Waals surface area contributed by atoms with Gasteiger partial charge in [-0.25, -0.2) is 0 Å². The van der Waals surface area contributed by atoms with Gasteiger partial charge < -0.3 is 4.90 Å². The number of carbonyl (C=O) groups excluding carboxylic acids is 1. The smallest absolute Gasteiger partial charge is 0.332 e. The maximum absolute atomic E-state index is 12.3. The summed E-state index contributed by atoms with van der Waals surface area (Å²) in [7, 11) is 0. The molecule has 0 unspecified atom stereocenters. The van der Waals surface area contributed by atoms with E-state index in [9.17, 15) is 18.0 Å². The van der Waals surface area contributed by atoms with Gasteiger partial charge >= 0.3 is 12.1 Å². The Morgan fingerprint density at radius 3 is 1.95 bits per heavy atom. The maximum atomic E-state index is 12.3.